The third-order valence-electron chi connectivity index (χ3n) is 2.11. The second-order valence-electron chi connectivity index (χ2n) is 3.50. The molecule has 0 saturated heterocycles. The van der Waals surface area contributed by atoms with Crippen LogP contribution in [0.2, 0.25) is 0 Å². The summed E-state index contributed by atoms with van der Waals surface area (Å²) in [7, 11) is -3.37. The fourth-order valence-corrected chi connectivity index (χ4v) is 2.08. The number of hydrogen-bond acceptors (Lipinski definition) is 4. The lowest BCUT2D eigenvalue weighted by molar-refractivity contribution is 0.593. The normalized spacial score (nSPS) is 11.4. The maximum Gasteiger partial charge on any atom is 0.247 e. The summed E-state index contributed by atoms with van der Waals surface area (Å²) >= 11 is 3.34. The van der Waals surface area contributed by atoms with Crippen LogP contribution in [0.3, 0.4) is 0 Å². The molecule has 1 aromatic heterocycles. The minimum absolute atomic E-state index is 0.155. The molecule has 1 aromatic carbocycles. The highest BCUT2D eigenvalue weighted by Crippen LogP contribution is 2.20. The fraction of sp³-hybridized carbons (Fsp3) is 0.0909. The summed E-state index contributed by atoms with van der Waals surface area (Å²) < 4.78 is 23.6. The van der Waals surface area contributed by atoms with Gasteiger partial charge in [0.15, 0.2) is 0 Å². The summed E-state index contributed by atoms with van der Waals surface area (Å²) in [5.41, 5.74) is 1.44. The van der Waals surface area contributed by atoms with Crippen molar-refractivity contribution < 1.29 is 8.42 Å². The zero-order valence-electron chi connectivity index (χ0n) is 8.96. The standard InChI is InChI=1S/C11H9BrN2O2S/c1-17(15,16)11-13-7-6-10(14-11)8-2-4-9(12)5-3-8/h2-7H,1H3. The highest BCUT2D eigenvalue weighted by Gasteiger charge is 2.11. The molecule has 0 unspecified atom stereocenters. The van der Waals surface area contributed by atoms with Gasteiger partial charge in [0.1, 0.15) is 0 Å². The second-order valence-corrected chi connectivity index (χ2v) is 6.33. The minimum Gasteiger partial charge on any atom is -0.227 e. The van der Waals surface area contributed by atoms with E-state index in [2.05, 4.69) is 25.9 Å². The first-order valence-corrected chi connectivity index (χ1v) is 7.44. The maximum absolute atomic E-state index is 11.3. The fourth-order valence-electron chi connectivity index (χ4n) is 1.30. The number of sulfone groups is 1. The van der Waals surface area contributed by atoms with E-state index >= 15 is 0 Å². The molecule has 0 aliphatic heterocycles. The zero-order chi connectivity index (χ0) is 12.5. The van der Waals surface area contributed by atoms with Gasteiger partial charge in [-0.15, -0.1) is 0 Å². The molecule has 2 aromatic rings. The van der Waals surface area contributed by atoms with Crippen molar-refractivity contribution in [1.29, 1.82) is 0 Å². The molecule has 0 aliphatic carbocycles. The molecule has 0 bridgehead atoms. The quantitative estimate of drug-likeness (QED) is 0.798. The van der Waals surface area contributed by atoms with Gasteiger partial charge in [0.25, 0.3) is 0 Å². The average Bonchev–Trinajstić information content (AvgIpc) is 2.29. The molecule has 0 radical (unpaired) electrons. The summed E-state index contributed by atoms with van der Waals surface area (Å²) in [6.07, 6.45) is 2.54. The van der Waals surface area contributed by atoms with Gasteiger partial charge in [0.05, 0.1) is 5.69 Å². The van der Waals surface area contributed by atoms with E-state index in [1.807, 2.05) is 24.3 Å². The predicted molar refractivity (Wildman–Crippen MR) is 68.3 cm³/mol. The second kappa shape index (κ2) is 4.54. The molecular formula is C11H9BrN2O2S. The molecule has 0 aliphatic rings. The maximum atomic E-state index is 11.3. The van der Waals surface area contributed by atoms with Gasteiger partial charge in [-0.2, -0.15) is 0 Å². The van der Waals surface area contributed by atoms with Crippen molar-refractivity contribution in [2.24, 2.45) is 0 Å². The SMILES string of the molecule is CS(=O)(=O)c1nccc(-c2ccc(Br)cc2)n1. The first-order valence-electron chi connectivity index (χ1n) is 4.76. The minimum atomic E-state index is -3.37. The highest BCUT2D eigenvalue weighted by atomic mass is 79.9. The summed E-state index contributed by atoms with van der Waals surface area (Å²) in [5, 5.41) is -0.155. The molecule has 0 amide bonds. The Balaban J connectivity index is 2.50. The van der Waals surface area contributed by atoms with Crippen LogP contribution in [0.4, 0.5) is 0 Å². The molecule has 6 heteroatoms. The molecule has 4 nitrogen and oxygen atoms in total. The van der Waals surface area contributed by atoms with Crippen LogP contribution in [-0.4, -0.2) is 24.6 Å². The number of benzene rings is 1. The summed E-state index contributed by atoms with van der Waals surface area (Å²) in [6.45, 7) is 0. The van der Waals surface area contributed by atoms with Crippen molar-refractivity contribution in [3.8, 4) is 11.3 Å². The third kappa shape index (κ3) is 2.89. The number of halogens is 1. The van der Waals surface area contributed by atoms with E-state index in [9.17, 15) is 8.42 Å². The first-order chi connectivity index (χ1) is 7.97. The van der Waals surface area contributed by atoms with Gasteiger partial charge in [-0.05, 0) is 18.2 Å². The molecule has 88 valence electrons. The van der Waals surface area contributed by atoms with Crippen LogP contribution < -0.4 is 0 Å². The number of aromatic nitrogens is 2. The van der Waals surface area contributed by atoms with E-state index in [1.54, 1.807) is 6.07 Å². The molecule has 1 heterocycles. The predicted octanol–water partition coefficient (Wildman–Crippen LogP) is 2.31. The topological polar surface area (TPSA) is 59.9 Å². The number of rotatable bonds is 2. The summed E-state index contributed by atoms with van der Waals surface area (Å²) in [4.78, 5) is 7.77. The Kier molecular flexibility index (Phi) is 3.26. The smallest absolute Gasteiger partial charge is 0.227 e. The van der Waals surface area contributed by atoms with Crippen molar-refractivity contribution in [2.45, 2.75) is 5.16 Å². The van der Waals surface area contributed by atoms with Crippen LogP contribution in [0.1, 0.15) is 0 Å². The van der Waals surface area contributed by atoms with E-state index in [-0.39, 0.29) is 5.16 Å². The van der Waals surface area contributed by atoms with Crippen molar-refractivity contribution in [3.05, 3.63) is 41.0 Å². The highest BCUT2D eigenvalue weighted by molar-refractivity contribution is 9.10. The van der Waals surface area contributed by atoms with Crippen molar-refractivity contribution in [2.75, 3.05) is 6.26 Å². The van der Waals surface area contributed by atoms with Crippen LogP contribution in [0.25, 0.3) is 11.3 Å². The molecule has 0 fully saturated rings. The van der Waals surface area contributed by atoms with Gasteiger partial charge in [0, 0.05) is 22.5 Å². The third-order valence-corrected chi connectivity index (χ3v) is 3.49. The van der Waals surface area contributed by atoms with Crippen LogP contribution in [0.5, 0.6) is 0 Å². The van der Waals surface area contributed by atoms with Gasteiger partial charge >= 0.3 is 0 Å². The Labute approximate surface area is 108 Å². The Morgan fingerprint density at radius 3 is 2.35 bits per heavy atom. The van der Waals surface area contributed by atoms with Crippen LogP contribution in [0, 0.1) is 0 Å². The lowest BCUT2D eigenvalue weighted by atomic mass is 10.1. The Morgan fingerprint density at radius 1 is 1.12 bits per heavy atom. The summed E-state index contributed by atoms with van der Waals surface area (Å²) in [6, 6.07) is 9.14. The van der Waals surface area contributed by atoms with Crippen LogP contribution >= 0.6 is 15.9 Å². The summed E-state index contributed by atoms with van der Waals surface area (Å²) in [5.74, 6) is 0. The first kappa shape index (κ1) is 12.2. The van der Waals surface area contributed by atoms with Gasteiger partial charge in [-0.25, -0.2) is 18.4 Å². The van der Waals surface area contributed by atoms with Crippen molar-refractivity contribution in [3.63, 3.8) is 0 Å². The Bertz CT molecular complexity index is 639. The molecule has 17 heavy (non-hydrogen) atoms. The van der Waals surface area contributed by atoms with Gasteiger partial charge in [-0.3, -0.25) is 0 Å². The van der Waals surface area contributed by atoms with E-state index < -0.39 is 9.84 Å². The van der Waals surface area contributed by atoms with Gasteiger partial charge in [-0.1, -0.05) is 28.1 Å². The average molecular weight is 313 g/mol. The lowest BCUT2D eigenvalue weighted by Crippen LogP contribution is -2.04. The lowest BCUT2D eigenvalue weighted by Gasteiger charge is -2.02. The number of nitrogens with zero attached hydrogens (tertiary/aromatic N) is 2. The van der Waals surface area contributed by atoms with Crippen LogP contribution in [0.15, 0.2) is 46.2 Å². The van der Waals surface area contributed by atoms with E-state index in [4.69, 9.17) is 0 Å². The molecule has 2 rings (SSSR count). The number of hydrogen-bond donors (Lipinski definition) is 0. The van der Waals surface area contributed by atoms with E-state index in [0.29, 0.717) is 5.69 Å². The zero-order valence-corrected chi connectivity index (χ0v) is 11.4. The van der Waals surface area contributed by atoms with Crippen molar-refractivity contribution >= 4 is 25.8 Å². The van der Waals surface area contributed by atoms with Gasteiger partial charge in [0.2, 0.25) is 15.0 Å². The van der Waals surface area contributed by atoms with E-state index in [0.717, 1.165) is 16.3 Å². The van der Waals surface area contributed by atoms with Gasteiger partial charge < -0.3 is 0 Å². The monoisotopic (exact) mass is 312 g/mol. The molecule has 0 N–H and O–H groups in total. The molecule has 0 saturated carbocycles. The largest absolute Gasteiger partial charge is 0.247 e. The molecule has 0 spiro atoms. The Hall–Kier alpha value is -1.27. The van der Waals surface area contributed by atoms with Crippen LogP contribution in [-0.2, 0) is 9.84 Å². The molecule has 0 atom stereocenters. The van der Waals surface area contributed by atoms with Crippen molar-refractivity contribution in [1.82, 2.24) is 9.97 Å². The Morgan fingerprint density at radius 2 is 1.76 bits per heavy atom. The van der Waals surface area contributed by atoms with E-state index in [1.165, 1.54) is 6.20 Å². The molecular weight excluding hydrogens is 304 g/mol.